The van der Waals surface area contributed by atoms with Crippen LogP contribution in [0.5, 0.6) is 0 Å². The summed E-state index contributed by atoms with van der Waals surface area (Å²) in [5.74, 6) is 0.260. The number of benzene rings is 2. The van der Waals surface area contributed by atoms with E-state index in [1.807, 2.05) is 24.3 Å². The number of nitrogens with zero attached hydrogens (tertiary/aromatic N) is 3. The van der Waals surface area contributed by atoms with Crippen molar-refractivity contribution in [2.75, 3.05) is 11.1 Å². The van der Waals surface area contributed by atoms with Gasteiger partial charge in [-0.15, -0.1) is 5.10 Å². The second-order valence-electron chi connectivity index (χ2n) is 9.29. The molecule has 0 radical (unpaired) electrons. The predicted octanol–water partition coefficient (Wildman–Crippen LogP) is 5.81. The summed E-state index contributed by atoms with van der Waals surface area (Å²) >= 11 is 4.69. The first-order valence-electron chi connectivity index (χ1n) is 10.9. The Bertz CT molecular complexity index is 1320. The molecule has 2 aromatic carbocycles. The van der Waals surface area contributed by atoms with Crippen LogP contribution in [0, 0.1) is 11.2 Å². The van der Waals surface area contributed by atoms with E-state index in [-0.39, 0.29) is 28.6 Å². The van der Waals surface area contributed by atoms with Gasteiger partial charge in [-0.25, -0.2) is 9.07 Å². The van der Waals surface area contributed by atoms with Crippen molar-refractivity contribution >= 4 is 45.2 Å². The van der Waals surface area contributed by atoms with Crippen molar-refractivity contribution in [3.8, 4) is 0 Å². The molecule has 5 rings (SSSR count). The van der Waals surface area contributed by atoms with Gasteiger partial charge in [0.25, 0.3) is 0 Å². The number of carbonyl (C=O) groups excluding carboxylic acids is 2. The van der Waals surface area contributed by atoms with Gasteiger partial charge in [0.2, 0.25) is 11.1 Å². The zero-order valence-corrected chi connectivity index (χ0v) is 21.0. The van der Waals surface area contributed by atoms with Gasteiger partial charge in [0.1, 0.15) is 11.9 Å². The van der Waals surface area contributed by atoms with E-state index in [4.69, 9.17) is 0 Å². The number of nitrogens with one attached hydrogen (secondary N) is 1. The van der Waals surface area contributed by atoms with Gasteiger partial charge in [-0.1, -0.05) is 53.7 Å². The number of thioether (sulfide) groups is 1. The van der Waals surface area contributed by atoms with Crippen LogP contribution in [0.25, 0.3) is 0 Å². The number of aromatic nitrogens is 3. The lowest BCUT2D eigenvalue weighted by Gasteiger charge is -2.38. The Morgan fingerprint density at radius 1 is 1.18 bits per heavy atom. The number of rotatable bonds is 5. The Morgan fingerprint density at radius 3 is 2.59 bits per heavy atom. The number of hydrogen-bond donors (Lipinski definition) is 1. The summed E-state index contributed by atoms with van der Waals surface area (Å²) in [6.45, 7) is 4.18. The van der Waals surface area contributed by atoms with Gasteiger partial charge in [-0.05, 0) is 53.8 Å². The van der Waals surface area contributed by atoms with Crippen molar-refractivity contribution in [2.24, 2.45) is 5.41 Å². The largest absolute Gasteiger partial charge is 0.328 e. The second kappa shape index (κ2) is 8.78. The van der Waals surface area contributed by atoms with Crippen LogP contribution in [0.3, 0.4) is 0 Å². The fourth-order valence-corrected chi connectivity index (χ4v) is 5.44. The van der Waals surface area contributed by atoms with Crippen LogP contribution >= 0.6 is 27.7 Å². The van der Waals surface area contributed by atoms with E-state index in [0.29, 0.717) is 23.1 Å². The summed E-state index contributed by atoms with van der Waals surface area (Å²) in [6, 6.07) is 12.9. The van der Waals surface area contributed by atoms with E-state index < -0.39 is 6.04 Å². The van der Waals surface area contributed by atoms with Crippen LogP contribution in [0.2, 0.25) is 0 Å². The molecule has 1 atom stereocenters. The van der Waals surface area contributed by atoms with Crippen LogP contribution in [-0.4, -0.2) is 32.1 Å². The molecule has 1 aromatic heterocycles. The number of fused-ring (bicyclic) bond motifs is 1. The first-order valence-corrected chi connectivity index (χ1v) is 12.6. The molecule has 0 unspecified atom stereocenters. The number of anilines is 1. The molecule has 1 aliphatic carbocycles. The molecule has 2 aliphatic rings. The summed E-state index contributed by atoms with van der Waals surface area (Å²) < 4.78 is 15.8. The molecular formula is C25H22BrFN4O2S. The molecule has 3 aromatic rings. The number of hydrogen-bond acceptors (Lipinski definition) is 6. The number of halogens is 2. The van der Waals surface area contributed by atoms with Crippen LogP contribution in [0.1, 0.15) is 48.7 Å². The standard InChI is InChI=1S/C25H22BrFN4O2S/c1-25(2)11-18-21(19(32)12-25)22(15-3-7-16(26)8-4-15)31-23(28-18)29-24(30-31)34-13-20(33)14-5-9-17(27)10-6-14/h3-10,22H,11-13H2,1-2H3,(H,28,29,30)/t22-/m0/s1. The molecule has 0 spiro atoms. The van der Waals surface area contributed by atoms with E-state index in [1.165, 1.54) is 36.0 Å². The first-order chi connectivity index (χ1) is 16.2. The molecule has 1 N–H and O–H groups in total. The minimum atomic E-state index is -0.391. The summed E-state index contributed by atoms with van der Waals surface area (Å²) in [4.78, 5) is 30.4. The lowest BCUT2D eigenvalue weighted by Crippen LogP contribution is -2.36. The van der Waals surface area contributed by atoms with E-state index >= 15 is 0 Å². The van der Waals surface area contributed by atoms with Gasteiger partial charge in [-0.3, -0.25) is 9.59 Å². The fourth-order valence-electron chi connectivity index (χ4n) is 4.45. The molecule has 174 valence electrons. The Kier molecular flexibility index (Phi) is 5.93. The van der Waals surface area contributed by atoms with Crippen molar-refractivity contribution in [3.05, 3.63) is 81.2 Å². The predicted molar refractivity (Wildman–Crippen MR) is 132 cm³/mol. The molecule has 1 aliphatic heterocycles. The maximum atomic E-state index is 13.3. The van der Waals surface area contributed by atoms with Crippen LogP contribution in [0.15, 0.2) is 69.4 Å². The maximum Gasteiger partial charge on any atom is 0.227 e. The third-order valence-corrected chi connectivity index (χ3v) is 7.36. The minimum absolute atomic E-state index is 0.105. The Labute approximate surface area is 209 Å². The topological polar surface area (TPSA) is 76.9 Å². The van der Waals surface area contributed by atoms with E-state index in [0.717, 1.165) is 27.7 Å². The number of carbonyl (C=O) groups is 2. The molecule has 0 bridgehead atoms. The van der Waals surface area contributed by atoms with Gasteiger partial charge in [0.05, 0.1) is 5.75 Å². The van der Waals surface area contributed by atoms with E-state index in [1.54, 1.807) is 4.68 Å². The highest BCUT2D eigenvalue weighted by Crippen LogP contribution is 2.45. The Hall–Kier alpha value is -2.78. The average Bonchev–Trinajstić information content (AvgIpc) is 3.19. The minimum Gasteiger partial charge on any atom is -0.328 e. The van der Waals surface area contributed by atoms with Crippen LogP contribution < -0.4 is 5.32 Å². The lowest BCUT2D eigenvalue weighted by atomic mass is 9.73. The van der Waals surface area contributed by atoms with Gasteiger partial charge in [0.15, 0.2) is 11.6 Å². The van der Waals surface area contributed by atoms with E-state index in [2.05, 4.69) is 45.2 Å². The van der Waals surface area contributed by atoms with Crippen molar-refractivity contribution in [3.63, 3.8) is 0 Å². The van der Waals surface area contributed by atoms with Crippen molar-refractivity contribution in [1.29, 1.82) is 0 Å². The maximum absolute atomic E-state index is 13.3. The van der Waals surface area contributed by atoms with Gasteiger partial charge < -0.3 is 5.32 Å². The highest BCUT2D eigenvalue weighted by Gasteiger charge is 2.41. The summed E-state index contributed by atoms with van der Waals surface area (Å²) in [5, 5.41) is 8.45. The van der Waals surface area contributed by atoms with Crippen molar-refractivity contribution in [1.82, 2.24) is 14.8 Å². The number of allylic oxidation sites excluding steroid dienone is 2. The Balaban J connectivity index is 1.47. The van der Waals surface area contributed by atoms with Crippen molar-refractivity contribution in [2.45, 2.75) is 37.9 Å². The van der Waals surface area contributed by atoms with Gasteiger partial charge in [-0.2, -0.15) is 4.98 Å². The van der Waals surface area contributed by atoms with Gasteiger partial charge >= 0.3 is 0 Å². The third-order valence-electron chi connectivity index (χ3n) is 6.00. The molecule has 34 heavy (non-hydrogen) atoms. The third kappa shape index (κ3) is 4.46. The van der Waals surface area contributed by atoms with Gasteiger partial charge in [0, 0.05) is 27.7 Å². The highest BCUT2D eigenvalue weighted by molar-refractivity contribution is 9.10. The molecule has 0 fully saturated rings. The molecule has 0 saturated carbocycles. The normalized spacial score (nSPS) is 18.8. The summed E-state index contributed by atoms with van der Waals surface area (Å²) in [5.41, 5.74) is 2.84. The fraction of sp³-hybridized carbons (Fsp3) is 0.280. The SMILES string of the molecule is CC1(C)CC(=O)C2=C(C1)Nc1nc(SCC(=O)c3ccc(F)cc3)nn1[C@H]2c1ccc(Br)cc1. The quantitative estimate of drug-likeness (QED) is 0.325. The molecule has 0 amide bonds. The summed E-state index contributed by atoms with van der Waals surface area (Å²) in [7, 11) is 0. The van der Waals surface area contributed by atoms with E-state index in [9.17, 15) is 14.0 Å². The molecule has 6 nitrogen and oxygen atoms in total. The zero-order chi connectivity index (χ0) is 24.0. The summed E-state index contributed by atoms with van der Waals surface area (Å²) in [6.07, 6.45) is 1.21. The lowest BCUT2D eigenvalue weighted by molar-refractivity contribution is -0.118. The zero-order valence-electron chi connectivity index (χ0n) is 18.6. The number of Topliss-reactive ketones (excluding diaryl/α,β-unsaturated/α-hetero) is 2. The Morgan fingerprint density at radius 2 is 1.88 bits per heavy atom. The molecule has 9 heteroatoms. The monoisotopic (exact) mass is 540 g/mol. The molecular weight excluding hydrogens is 519 g/mol. The smallest absolute Gasteiger partial charge is 0.227 e. The molecule has 2 heterocycles. The molecule has 0 saturated heterocycles. The second-order valence-corrected chi connectivity index (χ2v) is 11.2. The first kappa shape index (κ1) is 23.0. The average molecular weight is 541 g/mol. The highest BCUT2D eigenvalue weighted by atomic mass is 79.9. The van der Waals surface area contributed by atoms with Crippen LogP contribution in [-0.2, 0) is 4.79 Å². The number of ketones is 2. The van der Waals surface area contributed by atoms with Crippen molar-refractivity contribution < 1.29 is 14.0 Å². The van der Waals surface area contributed by atoms with Crippen LogP contribution in [0.4, 0.5) is 10.3 Å².